The van der Waals surface area contributed by atoms with Crippen molar-refractivity contribution in [3.63, 3.8) is 0 Å². The topological polar surface area (TPSA) is 155 Å². The van der Waals surface area contributed by atoms with Gasteiger partial charge in [-0.15, -0.1) is 0 Å². The molecule has 0 aromatic heterocycles. The molecule has 0 aliphatic carbocycles. The van der Waals surface area contributed by atoms with Crippen molar-refractivity contribution >= 4 is 25.7 Å². The lowest BCUT2D eigenvalue weighted by atomic mass is 10.0. The van der Waals surface area contributed by atoms with Crippen LogP contribution in [0.15, 0.2) is 134 Å². The van der Waals surface area contributed by atoms with Crippen molar-refractivity contribution in [2.75, 3.05) is 26.4 Å². The number of aliphatic hydroxyl groups is 1. The van der Waals surface area contributed by atoms with Gasteiger partial charge in [0.1, 0.15) is 12.7 Å². The van der Waals surface area contributed by atoms with Gasteiger partial charge in [0, 0.05) is 12.8 Å². The zero-order valence-corrected chi connectivity index (χ0v) is 51.1. The Morgan fingerprint density at radius 2 is 0.700 bits per heavy atom. The summed E-state index contributed by atoms with van der Waals surface area (Å²) in [5.74, 6) is -1.71. The monoisotopic (exact) mass is 1130 g/mol. The molecule has 80 heavy (non-hydrogen) atoms. The van der Waals surface area contributed by atoms with Gasteiger partial charge in [-0.2, -0.15) is 0 Å². The smallest absolute Gasteiger partial charge is 0.462 e. The molecular weight excluding hydrogens is 1020 g/mol. The average Bonchev–Trinajstić information content (AvgIpc) is 3.45. The highest BCUT2D eigenvalue weighted by Gasteiger charge is 2.28. The van der Waals surface area contributed by atoms with Gasteiger partial charge < -0.3 is 24.2 Å². The normalized spacial score (nSPS) is 14.2. The number of unbranched alkanes of at least 4 members (excludes halogenated alkanes) is 18. The minimum Gasteiger partial charge on any atom is -0.462 e. The summed E-state index contributed by atoms with van der Waals surface area (Å²) in [6, 6.07) is 0. The van der Waals surface area contributed by atoms with Gasteiger partial charge >= 0.3 is 25.7 Å². The molecule has 3 atom stereocenters. The van der Waals surface area contributed by atoms with E-state index in [0.717, 1.165) is 83.5 Å². The average molecular weight is 1140 g/mol. The van der Waals surface area contributed by atoms with Crippen LogP contribution in [0.3, 0.4) is 0 Å². The molecule has 3 unspecified atom stereocenters. The van der Waals surface area contributed by atoms with E-state index in [9.17, 15) is 28.9 Å². The fraction of sp³-hybridized carbons (Fsp3) is 0.632. The predicted octanol–water partition coefficient (Wildman–Crippen LogP) is 18.9. The highest BCUT2D eigenvalue weighted by molar-refractivity contribution is 7.47. The second-order valence-electron chi connectivity index (χ2n) is 20.1. The summed E-state index contributed by atoms with van der Waals surface area (Å²) in [6.45, 7) is 4.24. The number of hydrogen-bond acceptors (Lipinski definition) is 10. The van der Waals surface area contributed by atoms with Crippen molar-refractivity contribution in [3.8, 4) is 0 Å². The second-order valence-corrected chi connectivity index (χ2v) is 21.6. The van der Waals surface area contributed by atoms with E-state index in [0.29, 0.717) is 19.3 Å². The van der Waals surface area contributed by atoms with Gasteiger partial charge in [0.15, 0.2) is 6.10 Å². The molecule has 0 heterocycles. The molecule has 0 saturated carbocycles. The molecule has 0 saturated heterocycles. The quantitative estimate of drug-likeness (QED) is 0.0197. The Bertz CT molecular complexity index is 1850. The first kappa shape index (κ1) is 75.6. The van der Waals surface area contributed by atoms with Crippen molar-refractivity contribution in [2.24, 2.45) is 0 Å². The molecule has 0 aromatic rings. The van der Waals surface area contributed by atoms with Gasteiger partial charge in [0.25, 0.3) is 0 Å². The molecule has 0 rings (SSSR count). The van der Waals surface area contributed by atoms with Crippen LogP contribution in [0, 0.1) is 0 Å². The SMILES string of the molecule is CC/C=C\C/C=C\C/C=C\C/C=C\C/C=C\C/C=C\CCC(=O)OCC(COP(=O)(O)OCC(CO)OC(=O)C/C=C\C/C=C\C/C=C\C/C=C\C/C=C\CC)OC(=O)CCCCCCCCCCCCCCCCCCCCC. The zero-order valence-electron chi connectivity index (χ0n) is 50.2. The Balaban J connectivity index is 4.89. The fourth-order valence-electron chi connectivity index (χ4n) is 7.99. The van der Waals surface area contributed by atoms with Crippen LogP contribution in [-0.2, 0) is 42.2 Å². The van der Waals surface area contributed by atoms with Gasteiger partial charge in [-0.05, 0) is 83.5 Å². The van der Waals surface area contributed by atoms with E-state index < -0.39 is 57.8 Å². The molecule has 0 spiro atoms. The first-order chi connectivity index (χ1) is 39.2. The molecule has 0 aliphatic heterocycles. The number of rotatable bonds is 56. The number of esters is 3. The molecular formula is C68H111O11P. The molecule has 0 fully saturated rings. The lowest BCUT2D eigenvalue weighted by Crippen LogP contribution is -2.30. The zero-order chi connectivity index (χ0) is 58.3. The third-order valence-electron chi connectivity index (χ3n) is 12.6. The van der Waals surface area contributed by atoms with E-state index in [-0.39, 0.29) is 25.9 Å². The molecule has 0 radical (unpaired) electrons. The van der Waals surface area contributed by atoms with Gasteiger partial charge in [-0.1, -0.05) is 270 Å². The second kappa shape index (κ2) is 60.7. The Morgan fingerprint density at radius 1 is 0.375 bits per heavy atom. The number of ether oxygens (including phenoxy) is 3. The van der Waals surface area contributed by atoms with Crippen LogP contribution < -0.4 is 0 Å². The van der Waals surface area contributed by atoms with E-state index >= 15 is 0 Å². The van der Waals surface area contributed by atoms with Crippen LogP contribution in [0.4, 0.5) is 0 Å². The van der Waals surface area contributed by atoms with E-state index in [4.69, 9.17) is 23.3 Å². The lowest BCUT2D eigenvalue weighted by molar-refractivity contribution is -0.161. The maximum Gasteiger partial charge on any atom is 0.472 e. The number of aliphatic hydroxyl groups excluding tert-OH is 1. The number of carbonyl (C=O) groups is 3. The maximum absolute atomic E-state index is 12.9. The van der Waals surface area contributed by atoms with Crippen molar-refractivity contribution in [1.29, 1.82) is 0 Å². The van der Waals surface area contributed by atoms with Gasteiger partial charge in [-0.25, -0.2) is 4.57 Å². The van der Waals surface area contributed by atoms with Crippen molar-refractivity contribution in [3.05, 3.63) is 134 Å². The Hall–Kier alpha value is -4.38. The van der Waals surface area contributed by atoms with E-state index in [2.05, 4.69) is 118 Å². The summed E-state index contributed by atoms with van der Waals surface area (Å²) >= 11 is 0. The summed E-state index contributed by atoms with van der Waals surface area (Å²) < 4.78 is 39.4. The van der Waals surface area contributed by atoms with E-state index in [1.165, 1.54) is 96.3 Å². The highest BCUT2D eigenvalue weighted by Crippen LogP contribution is 2.43. The molecule has 11 nitrogen and oxygen atoms in total. The number of hydrogen-bond donors (Lipinski definition) is 2. The number of allylic oxidation sites excluding steroid dienone is 21. The third kappa shape index (κ3) is 58.3. The fourth-order valence-corrected chi connectivity index (χ4v) is 8.77. The molecule has 2 N–H and O–H groups in total. The molecule has 0 aromatic carbocycles. The minimum atomic E-state index is -4.80. The molecule has 12 heteroatoms. The van der Waals surface area contributed by atoms with Crippen molar-refractivity contribution < 1.29 is 52.2 Å². The first-order valence-corrected chi connectivity index (χ1v) is 32.6. The number of phosphoric ester groups is 1. The van der Waals surface area contributed by atoms with Crippen LogP contribution in [0.5, 0.6) is 0 Å². The summed E-state index contributed by atoms with van der Waals surface area (Å²) in [5.41, 5.74) is 0. The lowest BCUT2D eigenvalue weighted by Gasteiger charge is -2.21. The Kier molecular flexibility index (Phi) is 57.4. The van der Waals surface area contributed by atoms with Crippen LogP contribution >= 0.6 is 7.82 Å². The van der Waals surface area contributed by atoms with Gasteiger partial charge in [0.2, 0.25) is 0 Å². The Labute approximate surface area is 487 Å². The molecule has 0 bridgehead atoms. The minimum absolute atomic E-state index is 0.0655. The number of carbonyl (C=O) groups excluding carboxylic acids is 3. The van der Waals surface area contributed by atoms with Gasteiger partial charge in [0.05, 0.1) is 26.2 Å². The summed E-state index contributed by atoms with van der Waals surface area (Å²) in [6.07, 6.45) is 77.4. The first-order valence-electron chi connectivity index (χ1n) is 31.1. The highest BCUT2D eigenvalue weighted by atomic mass is 31.2. The van der Waals surface area contributed by atoms with Crippen LogP contribution in [0.25, 0.3) is 0 Å². The van der Waals surface area contributed by atoms with E-state index in [1.54, 1.807) is 6.08 Å². The van der Waals surface area contributed by atoms with Gasteiger partial charge in [-0.3, -0.25) is 23.4 Å². The molecule has 454 valence electrons. The Morgan fingerprint density at radius 3 is 1.07 bits per heavy atom. The van der Waals surface area contributed by atoms with Crippen LogP contribution in [-0.4, -0.2) is 66.5 Å². The van der Waals surface area contributed by atoms with Crippen LogP contribution in [0.1, 0.15) is 239 Å². The van der Waals surface area contributed by atoms with E-state index in [1.807, 2.05) is 30.4 Å². The summed E-state index contributed by atoms with van der Waals surface area (Å²) in [7, 11) is -4.80. The summed E-state index contributed by atoms with van der Waals surface area (Å²) in [4.78, 5) is 48.6. The largest absolute Gasteiger partial charge is 0.472 e. The predicted molar refractivity (Wildman–Crippen MR) is 334 cm³/mol. The van der Waals surface area contributed by atoms with Crippen molar-refractivity contribution in [2.45, 2.75) is 251 Å². The molecule has 0 amide bonds. The third-order valence-corrected chi connectivity index (χ3v) is 13.6. The maximum atomic E-state index is 12.9. The standard InChI is InChI=1S/C68H111O11P/c1-4-7-10-13-16-19-22-25-28-30-32-34-37-39-42-45-48-51-54-57-66(70)75-61-65(79-68(72)59-56-53-50-47-44-41-38-35-33-31-29-26-23-20-17-14-11-8-5-2)63-77-80(73,74)76-62-64(60-69)78-67(71)58-55-52-49-46-43-40-36-27-24-21-18-15-12-9-6-3/h7,9-10,12,16,18-19,21,25,27-28,32,34,36,39,42-43,46,48,51-52,55,64-65,69H,4-6,8,11,13-15,17,20,22-24,26,29-31,33,35,37-38,40-41,44-45,47,49-50,53-54,56-63H2,1-3H3,(H,73,74)/b10-7-,12-9-,19-16-,21-18-,28-25-,34-32-,36-27-,42-39-,46-43-,51-48-,55-52-. The van der Waals surface area contributed by atoms with Crippen LogP contribution in [0.2, 0.25) is 0 Å². The molecule has 0 aliphatic rings. The number of phosphoric acid groups is 1. The summed E-state index contributed by atoms with van der Waals surface area (Å²) in [5, 5.41) is 9.81. The van der Waals surface area contributed by atoms with Crippen molar-refractivity contribution in [1.82, 2.24) is 0 Å².